The second-order valence-electron chi connectivity index (χ2n) is 5.63. The molecule has 0 aromatic heterocycles. The third kappa shape index (κ3) is 4.86. The maximum atomic E-state index is 13.0. The number of rotatable bonds is 8. The van der Waals surface area contributed by atoms with Gasteiger partial charge in [0, 0.05) is 12.8 Å². The van der Waals surface area contributed by atoms with Crippen molar-refractivity contribution in [2.24, 2.45) is 0 Å². The first-order valence-corrected chi connectivity index (χ1v) is 9.54. The molecule has 26 heavy (non-hydrogen) atoms. The Balaban J connectivity index is 1.72. The van der Waals surface area contributed by atoms with Crippen LogP contribution in [0.5, 0.6) is 0 Å². The standard InChI is InChI=1S/C18H18NO6P/c20-17-11-12-18(21)19(17)25-26(22,23-13-15-7-3-1-4-8-15)24-14-16-9-5-2-6-10-16/h1-10H,11-14H2. The summed E-state index contributed by atoms with van der Waals surface area (Å²) in [5.41, 5.74) is 1.50. The molecule has 0 aliphatic carbocycles. The molecule has 3 rings (SSSR count). The van der Waals surface area contributed by atoms with Gasteiger partial charge in [0.25, 0.3) is 11.8 Å². The molecule has 0 saturated carbocycles. The molecule has 0 radical (unpaired) electrons. The van der Waals surface area contributed by atoms with Gasteiger partial charge in [0.2, 0.25) is 0 Å². The van der Waals surface area contributed by atoms with Gasteiger partial charge >= 0.3 is 7.82 Å². The van der Waals surface area contributed by atoms with Crippen LogP contribution in [0.2, 0.25) is 0 Å². The number of phosphoric ester groups is 1. The Kier molecular flexibility index (Phi) is 5.96. The largest absolute Gasteiger partial charge is 0.497 e. The van der Waals surface area contributed by atoms with Crippen molar-refractivity contribution in [1.29, 1.82) is 0 Å². The fraction of sp³-hybridized carbons (Fsp3) is 0.222. The summed E-state index contributed by atoms with van der Waals surface area (Å²) in [5.74, 6) is -1.14. The Labute approximate surface area is 151 Å². The van der Waals surface area contributed by atoms with Crippen LogP contribution in [-0.4, -0.2) is 16.9 Å². The summed E-state index contributed by atoms with van der Waals surface area (Å²) in [4.78, 5) is 23.5. The molecule has 1 heterocycles. The number of hydrogen-bond donors (Lipinski definition) is 0. The molecule has 1 saturated heterocycles. The maximum Gasteiger partial charge on any atom is 0.497 e. The summed E-state index contributed by atoms with van der Waals surface area (Å²) < 4.78 is 28.8. The highest BCUT2D eigenvalue weighted by molar-refractivity contribution is 7.48. The number of hydrogen-bond acceptors (Lipinski definition) is 6. The molecule has 7 nitrogen and oxygen atoms in total. The van der Waals surface area contributed by atoms with Crippen LogP contribution in [0.3, 0.4) is 0 Å². The van der Waals surface area contributed by atoms with Crippen LogP contribution in [-0.2, 0) is 41.0 Å². The first-order chi connectivity index (χ1) is 12.6. The lowest BCUT2D eigenvalue weighted by Gasteiger charge is -2.21. The van der Waals surface area contributed by atoms with Gasteiger partial charge in [-0.25, -0.2) is 4.57 Å². The topological polar surface area (TPSA) is 82.1 Å². The first kappa shape index (κ1) is 18.5. The van der Waals surface area contributed by atoms with E-state index in [1.165, 1.54) is 0 Å². The monoisotopic (exact) mass is 375 g/mol. The number of nitrogens with zero attached hydrogens (tertiary/aromatic N) is 1. The number of benzene rings is 2. The van der Waals surface area contributed by atoms with E-state index in [1.54, 1.807) is 24.3 Å². The molecule has 1 fully saturated rings. The summed E-state index contributed by atoms with van der Waals surface area (Å²) in [6.45, 7) is -0.105. The van der Waals surface area contributed by atoms with Crippen LogP contribution in [0.1, 0.15) is 24.0 Å². The van der Waals surface area contributed by atoms with E-state index < -0.39 is 19.6 Å². The van der Waals surface area contributed by atoms with E-state index in [0.717, 1.165) is 11.1 Å². The summed E-state index contributed by atoms with van der Waals surface area (Å²) in [7, 11) is -4.19. The predicted octanol–water partition coefficient (Wildman–Crippen LogP) is 3.61. The van der Waals surface area contributed by atoms with Crippen molar-refractivity contribution in [2.75, 3.05) is 0 Å². The third-order valence-electron chi connectivity index (χ3n) is 3.65. The zero-order chi connectivity index (χ0) is 18.4. The van der Waals surface area contributed by atoms with E-state index in [4.69, 9.17) is 13.7 Å². The van der Waals surface area contributed by atoms with Gasteiger partial charge in [-0.1, -0.05) is 60.7 Å². The van der Waals surface area contributed by atoms with Crippen LogP contribution in [0.25, 0.3) is 0 Å². The van der Waals surface area contributed by atoms with Gasteiger partial charge in [0.15, 0.2) is 0 Å². The summed E-state index contributed by atoms with van der Waals surface area (Å²) >= 11 is 0. The Morgan fingerprint density at radius 2 is 1.19 bits per heavy atom. The van der Waals surface area contributed by atoms with Gasteiger partial charge in [-0.05, 0) is 11.1 Å². The molecule has 0 spiro atoms. The highest BCUT2D eigenvalue weighted by Crippen LogP contribution is 2.52. The van der Waals surface area contributed by atoms with Crippen molar-refractivity contribution >= 4 is 19.6 Å². The molecule has 0 bridgehead atoms. The van der Waals surface area contributed by atoms with E-state index >= 15 is 0 Å². The fourth-order valence-electron chi connectivity index (χ4n) is 2.29. The van der Waals surface area contributed by atoms with Crippen molar-refractivity contribution < 1.29 is 27.8 Å². The lowest BCUT2D eigenvalue weighted by molar-refractivity contribution is -0.169. The van der Waals surface area contributed by atoms with E-state index in [2.05, 4.69) is 0 Å². The zero-order valence-electron chi connectivity index (χ0n) is 13.9. The SMILES string of the molecule is O=C1CCC(=O)N1OP(=O)(OCc1ccccc1)OCc1ccccc1. The van der Waals surface area contributed by atoms with Crippen LogP contribution >= 0.6 is 7.82 Å². The lowest BCUT2D eigenvalue weighted by Crippen LogP contribution is -2.28. The fourth-order valence-corrected chi connectivity index (χ4v) is 3.45. The minimum absolute atomic E-state index is 0.0101. The Bertz CT molecular complexity index is 747. The molecular weight excluding hydrogens is 357 g/mol. The zero-order valence-corrected chi connectivity index (χ0v) is 14.8. The lowest BCUT2D eigenvalue weighted by atomic mass is 10.2. The number of carbonyl (C=O) groups excluding carboxylic acids is 2. The normalized spacial score (nSPS) is 14.8. The van der Waals surface area contributed by atoms with Crippen LogP contribution in [0, 0.1) is 0 Å². The molecule has 0 unspecified atom stereocenters. The van der Waals surface area contributed by atoms with Crippen molar-refractivity contribution in [3.05, 3.63) is 71.8 Å². The molecule has 1 aliphatic heterocycles. The molecule has 2 aromatic carbocycles. The molecule has 1 aliphatic rings. The van der Waals surface area contributed by atoms with Gasteiger partial charge in [-0.15, -0.1) is 5.06 Å². The summed E-state index contributed by atoms with van der Waals surface area (Å²) in [6, 6.07) is 18.1. The first-order valence-electron chi connectivity index (χ1n) is 8.08. The van der Waals surface area contributed by atoms with E-state index in [-0.39, 0.29) is 26.1 Å². The maximum absolute atomic E-state index is 13.0. The third-order valence-corrected chi connectivity index (χ3v) is 4.91. The van der Waals surface area contributed by atoms with Gasteiger partial charge in [0.05, 0.1) is 13.2 Å². The van der Waals surface area contributed by atoms with Gasteiger partial charge in [-0.3, -0.25) is 18.6 Å². The summed E-state index contributed by atoms with van der Waals surface area (Å²) in [5, 5.41) is 0.483. The molecular formula is C18H18NO6P. The van der Waals surface area contributed by atoms with Crippen molar-refractivity contribution in [2.45, 2.75) is 26.1 Å². The Hall–Kier alpha value is -2.31. The average molecular weight is 375 g/mol. The number of carbonyl (C=O) groups is 2. The van der Waals surface area contributed by atoms with E-state index in [1.807, 2.05) is 36.4 Å². The van der Waals surface area contributed by atoms with E-state index in [9.17, 15) is 14.2 Å². The second kappa shape index (κ2) is 8.38. The van der Waals surface area contributed by atoms with Crippen molar-refractivity contribution in [3.63, 3.8) is 0 Å². The predicted molar refractivity (Wildman–Crippen MR) is 92.2 cm³/mol. The molecule has 0 N–H and O–H groups in total. The van der Waals surface area contributed by atoms with Crippen LogP contribution in [0.4, 0.5) is 0 Å². The molecule has 8 heteroatoms. The van der Waals surface area contributed by atoms with Gasteiger partial charge in [-0.2, -0.15) is 4.62 Å². The van der Waals surface area contributed by atoms with Crippen LogP contribution in [0.15, 0.2) is 60.7 Å². The Morgan fingerprint density at radius 1 is 0.769 bits per heavy atom. The highest BCUT2D eigenvalue weighted by atomic mass is 31.2. The number of phosphoric acid groups is 1. The minimum atomic E-state index is -4.19. The van der Waals surface area contributed by atoms with Crippen LogP contribution < -0.4 is 0 Å². The number of amides is 2. The second-order valence-corrected chi connectivity index (χ2v) is 7.20. The van der Waals surface area contributed by atoms with Crippen molar-refractivity contribution in [3.8, 4) is 0 Å². The molecule has 2 amide bonds. The molecule has 2 aromatic rings. The smallest absolute Gasteiger partial charge is 0.281 e. The van der Waals surface area contributed by atoms with Crippen molar-refractivity contribution in [1.82, 2.24) is 5.06 Å². The summed E-state index contributed by atoms with van der Waals surface area (Å²) in [6.07, 6.45) is 0.0202. The van der Waals surface area contributed by atoms with E-state index in [0.29, 0.717) is 5.06 Å². The Morgan fingerprint density at radius 3 is 1.62 bits per heavy atom. The number of imide groups is 1. The minimum Gasteiger partial charge on any atom is -0.281 e. The van der Waals surface area contributed by atoms with Gasteiger partial charge < -0.3 is 0 Å². The quantitative estimate of drug-likeness (QED) is 0.518. The molecule has 0 atom stereocenters. The highest BCUT2D eigenvalue weighted by Gasteiger charge is 2.39. The average Bonchev–Trinajstić information content (AvgIpc) is 2.98. The number of hydroxylamine groups is 2. The molecule has 136 valence electrons. The van der Waals surface area contributed by atoms with Gasteiger partial charge in [0.1, 0.15) is 0 Å².